The molecule has 19 heavy (non-hydrogen) atoms. The molecular formula is C13H12ClN5. The maximum atomic E-state index is 5.69. The first kappa shape index (κ1) is 13.3. The highest BCUT2D eigenvalue weighted by Gasteiger charge is 2.00. The topological polar surface area (TPSA) is 76.7 Å². The summed E-state index contributed by atoms with van der Waals surface area (Å²) >= 11 is 5.69. The molecule has 0 aliphatic heterocycles. The first-order chi connectivity index (χ1) is 9.28. The van der Waals surface area contributed by atoms with Crippen molar-refractivity contribution in [3.8, 4) is 11.8 Å². The van der Waals surface area contributed by atoms with Gasteiger partial charge < -0.3 is 11.1 Å². The third-order valence-corrected chi connectivity index (χ3v) is 2.43. The second-order valence-corrected chi connectivity index (χ2v) is 3.98. The van der Waals surface area contributed by atoms with Crippen LogP contribution in [0.1, 0.15) is 5.56 Å². The quantitative estimate of drug-likeness (QED) is 0.834. The lowest BCUT2D eigenvalue weighted by molar-refractivity contribution is 1.05. The van der Waals surface area contributed by atoms with Gasteiger partial charge in [-0.3, -0.25) is 0 Å². The Kier molecular flexibility index (Phi) is 4.67. The second kappa shape index (κ2) is 6.69. The summed E-state index contributed by atoms with van der Waals surface area (Å²) in [7, 11) is 0. The van der Waals surface area contributed by atoms with E-state index in [-0.39, 0.29) is 5.28 Å². The summed E-state index contributed by atoms with van der Waals surface area (Å²) in [4.78, 5) is 11.7. The fraction of sp³-hybridized carbons (Fsp3) is 0.154. The zero-order valence-electron chi connectivity index (χ0n) is 10.1. The molecule has 1 heterocycles. The zero-order chi connectivity index (χ0) is 13.5. The molecule has 0 saturated heterocycles. The van der Waals surface area contributed by atoms with Crippen LogP contribution in [-0.4, -0.2) is 21.5 Å². The van der Waals surface area contributed by atoms with Crippen molar-refractivity contribution in [1.82, 2.24) is 15.0 Å². The lowest BCUT2D eigenvalue weighted by Crippen LogP contribution is -1.98. The number of aromatic nitrogens is 3. The van der Waals surface area contributed by atoms with Crippen LogP contribution in [0.25, 0.3) is 0 Å². The van der Waals surface area contributed by atoms with Crippen LogP contribution >= 0.6 is 11.6 Å². The van der Waals surface area contributed by atoms with Gasteiger partial charge in [0.05, 0.1) is 6.54 Å². The molecule has 0 radical (unpaired) electrons. The maximum Gasteiger partial charge on any atom is 0.231 e. The van der Waals surface area contributed by atoms with Crippen molar-refractivity contribution in [2.75, 3.05) is 11.9 Å². The van der Waals surface area contributed by atoms with Gasteiger partial charge in [0.25, 0.3) is 0 Å². The predicted octanol–water partition coefficient (Wildman–Crippen LogP) is 1.77. The number of halogens is 1. The standard InChI is InChI=1S/C13H12ClN5/c14-12-16-9-17-13(19-12)18-11-6-3-5-10(8-11)4-1-2-7-15/h3,5-6,8-9H,4,7,15H2,(H,16,17,18,19). The molecule has 1 aromatic carbocycles. The number of anilines is 2. The summed E-state index contributed by atoms with van der Waals surface area (Å²) in [5.41, 5.74) is 7.28. The fourth-order valence-electron chi connectivity index (χ4n) is 1.46. The van der Waals surface area contributed by atoms with Crippen LogP contribution in [0.3, 0.4) is 0 Å². The SMILES string of the molecule is NCC#CCc1cccc(Nc2ncnc(Cl)n2)c1. The monoisotopic (exact) mass is 273 g/mol. The number of rotatable bonds is 3. The minimum atomic E-state index is 0.155. The number of benzene rings is 1. The minimum absolute atomic E-state index is 0.155. The summed E-state index contributed by atoms with van der Waals surface area (Å²) in [6.45, 7) is 0.376. The van der Waals surface area contributed by atoms with Gasteiger partial charge >= 0.3 is 0 Å². The Morgan fingerprint density at radius 1 is 1.26 bits per heavy atom. The van der Waals surface area contributed by atoms with Crippen molar-refractivity contribution < 1.29 is 0 Å². The largest absolute Gasteiger partial charge is 0.324 e. The normalized spacial score (nSPS) is 9.58. The van der Waals surface area contributed by atoms with Crippen molar-refractivity contribution in [2.45, 2.75) is 6.42 Å². The smallest absolute Gasteiger partial charge is 0.231 e. The van der Waals surface area contributed by atoms with Gasteiger partial charge in [-0.05, 0) is 29.3 Å². The Bertz CT molecular complexity index is 618. The molecule has 96 valence electrons. The number of nitrogens with two attached hydrogens (primary N) is 1. The molecule has 5 nitrogen and oxygen atoms in total. The van der Waals surface area contributed by atoms with Gasteiger partial charge in [-0.2, -0.15) is 4.98 Å². The zero-order valence-corrected chi connectivity index (χ0v) is 10.9. The summed E-state index contributed by atoms with van der Waals surface area (Å²) in [6.07, 6.45) is 2.01. The molecule has 2 rings (SSSR count). The van der Waals surface area contributed by atoms with E-state index in [1.165, 1.54) is 6.33 Å². The van der Waals surface area contributed by atoms with E-state index in [9.17, 15) is 0 Å². The Hall–Kier alpha value is -2.16. The average Bonchev–Trinajstić information content (AvgIpc) is 2.39. The van der Waals surface area contributed by atoms with Crippen molar-refractivity contribution in [3.63, 3.8) is 0 Å². The summed E-state index contributed by atoms with van der Waals surface area (Å²) in [5, 5.41) is 3.21. The van der Waals surface area contributed by atoms with Gasteiger partial charge in [0.1, 0.15) is 6.33 Å². The number of nitrogens with one attached hydrogen (secondary N) is 1. The van der Waals surface area contributed by atoms with E-state index in [1.807, 2.05) is 24.3 Å². The lowest BCUT2D eigenvalue weighted by Gasteiger charge is -2.05. The third-order valence-electron chi connectivity index (χ3n) is 2.25. The summed E-state index contributed by atoms with van der Waals surface area (Å²) in [5.74, 6) is 6.22. The van der Waals surface area contributed by atoms with E-state index in [4.69, 9.17) is 17.3 Å². The predicted molar refractivity (Wildman–Crippen MR) is 75.1 cm³/mol. The van der Waals surface area contributed by atoms with Gasteiger partial charge in [0.2, 0.25) is 11.2 Å². The van der Waals surface area contributed by atoms with Crippen LogP contribution < -0.4 is 11.1 Å². The number of hydrogen-bond acceptors (Lipinski definition) is 5. The molecule has 0 aliphatic carbocycles. The Morgan fingerprint density at radius 2 is 2.16 bits per heavy atom. The van der Waals surface area contributed by atoms with E-state index in [0.29, 0.717) is 18.9 Å². The lowest BCUT2D eigenvalue weighted by atomic mass is 10.1. The molecular weight excluding hydrogens is 262 g/mol. The van der Waals surface area contributed by atoms with Crippen molar-refractivity contribution in [2.24, 2.45) is 5.73 Å². The fourth-order valence-corrected chi connectivity index (χ4v) is 1.59. The van der Waals surface area contributed by atoms with Crippen LogP contribution in [0.2, 0.25) is 5.28 Å². The molecule has 0 atom stereocenters. The molecule has 0 saturated carbocycles. The highest BCUT2D eigenvalue weighted by Crippen LogP contribution is 2.15. The van der Waals surface area contributed by atoms with Gasteiger partial charge in [-0.1, -0.05) is 24.0 Å². The number of hydrogen-bond donors (Lipinski definition) is 2. The molecule has 0 spiro atoms. The third kappa shape index (κ3) is 4.21. The average molecular weight is 274 g/mol. The van der Waals surface area contributed by atoms with E-state index >= 15 is 0 Å². The molecule has 0 bridgehead atoms. The van der Waals surface area contributed by atoms with Crippen LogP contribution in [0, 0.1) is 11.8 Å². The summed E-state index contributed by atoms with van der Waals surface area (Å²) in [6, 6.07) is 7.82. The molecule has 0 fully saturated rings. The Balaban J connectivity index is 2.10. The van der Waals surface area contributed by atoms with Crippen LogP contribution in [0.15, 0.2) is 30.6 Å². The minimum Gasteiger partial charge on any atom is -0.324 e. The highest BCUT2D eigenvalue weighted by atomic mass is 35.5. The van der Waals surface area contributed by atoms with Crippen molar-refractivity contribution in [3.05, 3.63) is 41.4 Å². The van der Waals surface area contributed by atoms with E-state index in [0.717, 1.165) is 11.3 Å². The van der Waals surface area contributed by atoms with E-state index in [1.54, 1.807) is 0 Å². The first-order valence-corrected chi connectivity index (χ1v) is 6.02. The van der Waals surface area contributed by atoms with Crippen molar-refractivity contribution in [1.29, 1.82) is 0 Å². The maximum absolute atomic E-state index is 5.69. The Labute approximate surface area is 116 Å². The van der Waals surface area contributed by atoms with Crippen LogP contribution in [0.4, 0.5) is 11.6 Å². The molecule has 0 amide bonds. The molecule has 2 aromatic rings. The highest BCUT2D eigenvalue weighted by molar-refractivity contribution is 6.28. The van der Waals surface area contributed by atoms with Gasteiger partial charge in [0, 0.05) is 12.1 Å². The van der Waals surface area contributed by atoms with Gasteiger partial charge in [-0.15, -0.1) is 0 Å². The van der Waals surface area contributed by atoms with Gasteiger partial charge in [0.15, 0.2) is 0 Å². The molecule has 6 heteroatoms. The van der Waals surface area contributed by atoms with E-state index in [2.05, 4.69) is 32.1 Å². The van der Waals surface area contributed by atoms with Gasteiger partial charge in [-0.25, -0.2) is 9.97 Å². The van der Waals surface area contributed by atoms with Crippen LogP contribution in [-0.2, 0) is 6.42 Å². The first-order valence-electron chi connectivity index (χ1n) is 5.64. The molecule has 1 aromatic heterocycles. The van der Waals surface area contributed by atoms with Crippen molar-refractivity contribution >= 4 is 23.2 Å². The molecule has 0 unspecified atom stereocenters. The van der Waals surface area contributed by atoms with E-state index < -0.39 is 0 Å². The molecule has 0 aliphatic rings. The second-order valence-electron chi connectivity index (χ2n) is 3.64. The molecule has 3 N–H and O–H groups in total. The summed E-state index contributed by atoms with van der Waals surface area (Å²) < 4.78 is 0. The number of nitrogens with zero attached hydrogens (tertiary/aromatic N) is 3. The Morgan fingerprint density at radius 3 is 2.95 bits per heavy atom. The van der Waals surface area contributed by atoms with Crippen LogP contribution in [0.5, 0.6) is 0 Å².